The molecule has 0 saturated carbocycles. The van der Waals surface area contributed by atoms with Gasteiger partial charge in [-0.15, -0.1) is 0 Å². The average molecular weight is 224 g/mol. The van der Waals surface area contributed by atoms with Gasteiger partial charge in [0, 0.05) is 19.0 Å². The smallest absolute Gasteiger partial charge is 0.287 e. The molecule has 4 heteroatoms. The molecular formula is C12H20N2O2. The first-order valence-electron chi connectivity index (χ1n) is 5.67. The Bertz CT molecular complexity index is 345. The minimum atomic E-state index is -0.198. The average Bonchev–Trinajstić information content (AvgIpc) is 2.73. The predicted molar refractivity (Wildman–Crippen MR) is 63.2 cm³/mol. The first kappa shape index (κ1) is 12.8. The molecule has 16 heavy (non-hydrogen) atoms. The van der Waals surface area contributed by atoms with E-state index >= 15 is 0 Å². The standard InChI is InChI=1S/C12H20N2O2/c1-4-9-5-6-11(16-9)12(15)14-7-10(13)8(2)3/h5-6,8,10H,4,7,13H2,1-3H3,(H,14,15). The van der Waals surface area contributed by atoms with Crippen LogP contribution in [0.3, 0.4) is 0 Å². The molecule has 0 spiro atoms. The van der Waals surface area contributed by atoms with Crippen LogP contribution in [-0.4, -0.2) is 18.5 Å². The molecule has 0 aromatic carbocycles. The number of hydrogen-bond donors (Lipinski definition) is 2. The van der Waals surface area contributed by atoms with Crippen molar-refractivity contribution in [2.45, 2.75) is 33.2 Å². The summed E-state index contributed by atoms with van der Waals surface area (Å²) in [6.45, 7) is 6.51. The van der Waals surface area contributed by atoms with E-state index < -0.39 is 0 Å². The molecule has 1 rings (SSSR count). The van der Waals surface area contributed by atoms with Gasteiger partial charge in [-0.3, -0.25) is 4.79 Å². The Balaban J connectivity index is 2.46. The molecule has 3 N–H and O–H groups in total. The van der Waals surface area contributed by atoms with Gasteiger partial charge in [0.2, 0.25) is 0 Å². The third-order valence-corrected chi connectivity index (χ3v) is 2.59. The monoisotopic (exact) mass is 224 g/mol. The van der Waals surface area contributed by atoms with Crippen molar-refractivity contribution in [3.63, 3.8) is 0 Å². The highest BCUT2D eigenvalue weighted by Gasteiger charge is 2.13. The van der Waals surface area contributed by atoms with Crippen LogP contribution in [0.15, 0.2) is 16.5 Å². The van der Waals surface area contributed by atoms with Gasteiger partial charge in [0.1, 0.15) is 5.76 Å². The lowest BCUT2D eigenvalue weighted by Gasteiger charge is -2.15. The zero-order valence-corrected chi connectivity index (χ0v) is 10.1. The molecule has 0 aliphatic carbocycles. The zero-order valence-electron chi connectivity index (χ0n) is 10.1. The van der Waals surface area contributed by atoms with Gasteiger partial charge in [-0.25, -0.2) is 0 Å². The maximum atomic E-state index is 11.6. The SMILES string of the molecule is CCc1ccc(C(=O)NCC(N)C(C)C)o1. The van der Waals surface area contributed by atoms with Crippen molar-refractivity contribution in [1.82, 2.24) is 5.32 Å². The molecule has 90 valence electrons. The number of carbonyl (C=O) groups excluding carboxylic acids is 1. The zero-order chi connectivity index (χ0) is 12.1. The summed E-state index contributed by atoms with van der Waals surface area (Å²) in [5.74, 6) is 1.32. The first-order chi connectivity index (χ1) is 7.54. The summed E-state index contributed by atoms with van der Waals surface area (Å²) in [5, 5.41) is 2.76. The topological polar surface area (TPSA) is 68.3 Å². The lowest BCUT2D eigenvalue weighted by molar-refractivity contribution is 0.0920. The summed E-state index contributed by atoms with van der Waals surface area (Å²) < 4.78 is 5.33. The molecule has 1 heterocycles. The van der Waals surface area contributed by atoms with Gasteiger partial charge in [-0.05, 0) is 18.1 Å². The molecular weight excluding hydrogens is 204 g/mol. The van der Waals surface area contributed by atoms with Crippen LogP contribution >= 0.6 is 0 Å². The summed E-state index contributed by atoms with van der Waals surface area (Å²) in [7, 11) is 0. The maximum absolute atomic E-state index is 11.6. The molecule has 0 fully saturated rings. The Morgan fingerprint density at radius 3 is 2.69 bits per heavy atom. The minimum absolute atomic E-state index is 0.0236. The van der Waals surface area contributed by atoms with E-state index in [1.807, 2.05) is 26.8 Å². The van der Waals surface area contributed by atoms with Gasteiger partial charge < -0.3 is 15.5 Å². The van der Waals surface area contributed by atoms with E-state index in [4.69, 9.17) is 10.2 Å². The highest BCUT2D eigenvalue weighted by atomic mass is 16.3. The molecule has 4 nitrogen and oxygen atoms in total. The second-order valence-corrected chi connectivity index (χ2v) is 4.24. The third kappa shape index (κ3) is 3.38. The Morgan fingerprint density at radius 1 is 1.50 bits per heavy atom. The predicted octanol–water partition coefficient (Wildman–Crippen LogP) is 1.56. The minimum Gasteiger partial charge on any atom is -0.456 e. The van der Waals surface area contributed by atoms with E-state index in [0.717, 1.165) is 12.2 Å². The third-order valence-electron chi connectivity index (χ3n) is 2.59. The summed E-state index contributed by atoms with van der Waals surface area (Å²) in [4.78, 5) is 11.6. The molecule has 1 unspecified atom stereocenters. The molecule has 1 aromatic heterocycles. The van der Waals surface area contributed by atoms with Crippen molar-refractivity contribution < 1.29 is 9.21 Å². The molecule has 1 amide bonds. The fourth-order valence-electron chi connectivity index (χ4n) is 1.22. The highest BCUT2D eigenvalue weighted by Crippen LogP contribution is 2.08. The van der Waals surface area contributed by atoms with Crippen LogP contribution in [0.25, 0.3) is 0 Å². The molecule has 0 radical (unpaired) electrons. The van der Waals surface area contributed by atoms with Gasteiger partial charge in [-0.1, -0.05) is 20.8 Å². The van der Waals surface area contributed by atoms with Crippen molar-refractivity contribution in [3.8, 4) is 0 Å². The number of aryl methyl sites for hydroxylation is 1. The number of hydrogen-bond acceptors (Lipinski definition) is 3. The molecule has 0 bridgehead atoms. The molecule has 1 aromatic rings. The van der Waals surface area contributed by atoms with Crippen LogP contribution in [0.1, 0.15) is 37.1 Å². The van der Waals surface area contributed by atoms with Crippen LogP contribution in [0.5, 0.6) is 0 Å². The first-order valence-corrected chi connectivity index (χ1v) is 5.67. The van der Waals surface area contributed by atoms with Gasteiger partial charge in [0.05, 0.1) is 0 Å². The van der Waals surface area contributed by atoms with Crippen molar-refractivity contribution in [2.75, 3.05) is 6.54 Å². The summed E-state index contributed by atoms with van der Waals surface area (Å²) in [5.41, 5.74) is 5.83. The normalized spacial score (nSPS) is 12.8. The van der Waals surface area contributed by atoms with Crippen LogP contribution in [-0.2, 0) is 6.42 Å². The fourth-order valence-corrected chi connectivity index (χ4v) is 1.22. The maximum Gasteiger partial charge on any atom is 0.287 e. The van der Waals surface area contributed by atoms with Crippen molar-refractivity contribution in [3.05, 3.63) is 23.7 Å². The van der Waals surface area contributed by atoms with E-state index in [1.54, 1.807) is 6.07 Å². The number of nitrogens with two attached hydrogens (primary N) is 1. The lowest BCUT2D eigenvalue weighted by Crippen LogP contribution is -2.40. The van der Waals surface area contributed by atoms with Gasteiger partial charge in [0.15, 0.2) is 5.76 Å². The van der Waals surface area contributed by atoms with Crippen molar-refractivity contribution >= 4 is 5.91 Å². The highest BCUT2D eigenvalue weighted by molar-refractivity contribution is 5.91. The van der Waals surface area contributed by atoms with Gasteiger partial charge >= 0.3 is 0 Å². The van der Waals surface area contributed by atoms with E-state index in [2.05, 4.69) is 5.32 Å². The number of rotatable bonds is 5. The second kappa shape index (κ2) is 5.70. The van der Waals surface area contributed by atoms with E-state index in [-0.39, 0.29) is 11.9 Å². The van der Waals surface area contributed by atoms with Crippen LogP contribution in [0.4, 0.5) is 0 Å². The number of nitrogens with one attached hydrogen (secondary N) is 1. The summed E-state index contributed by atoms with van der Waals surface area (Å²) in [6, 6.07) is 3.48. The Kier molecular flexibility index (Phi) is 4.55. The van der Waals surface area contributed by atoms with Crippen molar-refractivity contribution in [1.29, 1.82) is 0 Å². The van der Waals surface area contributed by atoms with Crippen LogP contribution in [0.2, 0.25) is 0 Å². The quantitative estimate of drug-likeness (QED) is 0.797. The molecule has 1 atom stereocenters. The lowest BCUT2D eigenvalue weighted by atomic mass is 10.1. The Hall–Kier alpha value is -1.29. The van der Waals surface area contributed by atoms with Crippen LogP contribution in [0, 0.1) is 5.92 Å². The van der Waals surface area contributed by atoms with Gasteiger partial charge in [0.25, 0.3) is 5.91 Å². The van der Waals surface area contributed by atoms with Gasteiger partial charge in [-0.2, -0.15) is 0 Å². The number of furan rings is 1. The second-order valence-electron chi connectivity index (χ2n) is 4.24. The fraction of sp³-hybridized carbons (Fsp3) is 0.583. The summed E-state index contributed by atoms with van der Waals surface area (Å²) >= 11 is 0. The van der Waals surface area contributed by atoms with Crippen molar-refractivity contribution in [2.24, 2.45) is 11.7 Å². The number of carbonyl (C=O) groups is 1. The van der Waals surface area contributed by atoms with Crippen LogP contribution < -0.4 is 11.1 Å². The molecule has 0 aliphatic rings. The van der Waals surface area contributed by atoms with E-state index in [9.17, 15) is 4.79 Å². The summed E-state index contributed by atoms with van der Waals surface area (Å²) in [6.07, 6.45) is 0.790. The Morgan fingerprint density at radius 2 is 2.19 bits per heavy atom. The number of amides is 1. The Labute approximate surface area is 96.2 Å². The van der Waals surface area contributed by atoms with E-state index in [0.29, 0.717) is 18.2 Å². The molecule has 0 saturated heterocycles. The molecule has 0 aliphatic heterocycles. The largest absolute Gasteiger partial charge is 0.456 e. The van der Waals surface area contributed by atoms with E-state index in [1.165, 1.54) is 0 Å².